The first kappa shape index (κ1) is 7.50. The van der Waals surface area contributed by atoms with E-state index in [9.17, 15) is 0 Å². The minimum absolute atomic E-state index is 0.734. The molecule has 1 aromatic carbocycles. The van der Waals surface area contributed by atoms with Crippen molar-refractivity contribution in [2.75, 3.05) is 16.7 Å². The number of rotatable bonds is 0. The van der Waals surface area contributed by atoms with Gasteiger partial charge in [0, 0.05) is 23.0 Å². The number of nitrogens with zero attached hydrogens (tertiary/aromatic N) is 1. The average Bonchev–Trinajstić information content (AvgIpc) is 2.07. The molecule has 1 aliphatic rings. The maximum absolute atomic E-state index is 5.95. The van der Waals surface area contributed by atoms with Crippen molar-refractivity contribution in [2.24, 2.45) is 0 Å². The number of hydrogen-bond donors (Lipinski definition) is 1. The largest absolute Gasteiger partial charge is 0.398 e. The van der Waals surface area contributed by atoms with Crippen molar-refractivity contribution in [1.82, 2.24) is 0 Å². The van der Waals surface area contributed by atoms with Gasteiger partial charge in [-0.3, -0.25) is 4.42 Å². The molecule has 2 nitrogen and oxygen atoms in total. The number of hydrogen-bond acceptors (Lipinski definition) is 2. The first-order valence-electron chi connectivity index (χ1n) is 3.77. The summed E-state index contributed by atoms with van der Waals surface area (Å²) in [5.41, 5.74) is 8.54. The highest BCUT2D eigenvalue weighted by Crippen LogP contribution is 2.30. The standard InChI is InChI=1S/C9H9ClN2/c10-12-6-2-3-7-8(11)4-1-5-9(7)12/h1-5H,6,11H2. The zero-order chi connectivity index (χ0) is 8.55. The molecule has 0 aliphatic carbocycles. The Morgan fingerprint density at radius 2 is 2.25 bits per heavy atom. The minimum Gasteiger partial charge on any atom is -0.398 e. The fourth-order valence-electron chi connectivity index (χ4n) is 1.32. The minimum atomic E-state index is 0.734. The molecular formula is C9H9ClN2. The van der Waals surface area contributed by atoms with E-state index in [2.05, 4.69) is 0 Å². The topological polar surface area (TPSA) is 29.3 Å². The third-order valence-corrected chi connectivity index (χ3v) is 2.25. The van der Waals surface area contributed by atoms with Crippen molar-refractivity contribution < 1.29 is 0 Å². The van der Waals surface area contributed by atoms with E-state index in [0.29, 0.717) is 0 Å². The zero-order valence-corrected chi connectivity index (χ0v) is 7.25. The van der Waals surface area contributed by atoms with Crippen LogP contribution in [0.1, 0.15) is 5.56 Å². The van der Waals surface area contributed by atoms with Crippen LogP contribution in [0, 0.1) is 0 Å². The summed E-state index contributed by atoms with van der Waals surface area (Å²) < 4.78 is 1.66. The van der Waals surface area contributed by atoms with E-state index in [0.717, 1.165) is 23.5 Å². The van der Waals surface area contributed by atoms with Crippen molar-refractivity contribution in [3.8, 4) is 0 Å². The fourth-order valence-corrected chi connectivity index (χ4v) is 1.55. The quantitative estimate of drug-likeness (QED) is 0.490. The Balaban J connectivity index is 2.61. The highest BCUT2D eigenvalue weighted by molar-refractivity contribution is 6.26. The molecule has 0 unspecified atom stereocenters. The number of benzene rings is 1. The van der Waals surface area contributed by atoms with E-state index >= 15 is 0 Å². The van der Waals surface area contributed by atoms with Crippen molar-refractivity contribution in [3.05, 3.63) is 29.8 Å². The van der Waals surface area contributed by atoms with Crippen LogP contribution in [0.4, 0.5) is 11.4 Å². The van der Waals surface area contributed by atoms with Crippen molar-refractivity contribution >= 4 is 29.2 Å². The average molecular weight is 181 g/mol. The summed E-state index contributed by atoms with van der Waals surface area (Å²) in [6.07, 6.45) is 4.00. The van der Waals surface area contributed by atoms with Crippen molar-refractivity contribution in [2.45, 2.75) is 0 Å². The van der Waals surface area contributed by atoms with E-state index < -0.39 is 0 Å². The number of nitrogens with two attached hydrogens (primary N) is 1. The summed E-state index contributed by atoms with van der Waals surface area (Å²) in [5.74, 6) is 0. The third-order valence-electron chi connectivity index (χ3n) is 1.93. The van der Waals surface area contributed by atoms with E-state index in [1.807, 2.05) is 30.4 Å². The second kappa shape index (κ2) is 2.72. The molecule has 3 heteroatoms. The molecule has 2 rings (SSSR count). The van der Waals surface area contributed by atoms with Crippen molar-refractivity contribution in [1.29, 1.82) is 0 Å². The second-order valence-corrected chi connectivity index (χ2v) is 3.14. The Morgan fingerprint density at radius 3 is 3.00 bits per heavy atom. The van der Waals surface area contributed by atoms with E-state index in [-0.39, 0.29) is 0 Å². The van der Waals surface area contributed by atoms with Gasteiger partial charge in [0.2, 0.25) is 0 Å². The van der Waals surface area contributed by atoms with E-state index in [1.54, 1.807) is 4.42 Å². The summed E-state index contributed by atoms with van der Waals surface area (Å²) in [6.45, 7) is 0.734. The molecule has 0 aromatic heterocycles. The van der Waals surface area contributed by atoms with Crippen LogP contribution in [0.25, 0.3) is 6.08 Å². The van der Waals surface area contributed by atoms with Crippen molar-refractivity contribution in [3.63, 3.8) is 0 Å². The van der Waals surface area contributed by atoms with Gasteiger partial charge in [-0.25, -0.2) is 0 Å². The summed E-state index contributed by atoms with van der Waals surface area (Å²) in [5, 5.41) is 0. The molecule has 0 amide bonds. The number of halogens is 1. The molecule has 1 heterocycles. The summed E-state index contributed by atoms with van der Waals surface area (Å²) in [6, 6.07) is 5.74. The van der Waals surface area contributed by atoms with Gasteiger partial charge in [0.1, 0.15) is 0 Å². The van der Waals surface area contributed by atoms with E-state index in [1.165, 1.54) is 0 Å². The van der Waals surface area contributed by atoms with E-state index in [4.69, 9.17) is 17.5 Å². The predicted octanol–water partition coefficient (Wildman–Crippen LogP) is 2.26. The number of anilines is 2. The monoisotopic (exact) mass is 180 g/mol. The van der Waals surface area contributed by atoms with Crippen LogP contribution in [0.3, 0.4) is 0 Å². The second-order valence-electron chi connectivity index (χ2n) is 2.73. The lowest BCUT2D eigenvalue weighted by molar-refractivity contribution is 1.18. The third kappa shape index (κ3) is 1.04. The maximum Gasteiger partial charge on any atom is 0.0619 e. The fraction of sp³-hybridized carbons (Fsp3) is 0.111. The maximum atomic E-state index is 5.95. The molecule has 0 saturated heterocycles. The van der Waals surface area contributed by atoms with Crippen LogP contribution in [0.5, 0.6) is 0 Å². The van der Waals surface area contributed by atoms with Crippen LogP contribution in [-0.2, 0) is 0 Å². The molecule has 0 radical (unpaired) electrons. The number of nitrogen functional groups attached to an aromatic ring is 1. The smallest absolute Gasteiger partial charge is 0.0619 e. The highest BCUT2D eigenvalue weighted by atomic mass is 35.5. The Morgan fingerprint density at radius 1 is 1.42 bits per heavy atom. The van der Waals surface area contributed by atoms with Gasteiger partial charge in [-0.05, 0) is 12.1 Å². The van der Waals surface area contributed by atoms with Gasteiger partial charge in [0.05, 0.1) is 12.2 Å². The van der Waals surface area contributed by atoms with Gasteiger partial charge >= 0.3 is 0 Å². The normalized spacial score (nSPS) is 14.6. The lowest BCUT2D eigenvalue weighted by Gasteiger charge is -2.21. The SMILES string of the molecule is Nc1cccc2c1C=CCN2Cl. The first-order chi connectivity index (χ1) is 5.79. The Labute approximate surface area is 76.3 Å². The molecular weight excluding hydrogens is 172 g/mol. The van der Waals surface area contributed by atoms with Gasteiger partial charge < -0.3 is 5.73 Å². The van der Waals surface area contributed by atoms with Crippen LogP contribution in [0.15, 0.2) is 24.3 Å². The van der Waals surface area contributed by atoms with Crippen LogP contribution < -0.4 is 10.2 Å². The Hall–Kier alpha value is -1.15. The zero-order valence-electron chi connectivity index (χ0n) is 6.50. The summed E-state index contributed by atoms with van der Waals surface area (Å²) in [7, 11) is 0. The Kier molecular flexibility index (Phi) is 1.70. The molecule has 0 spiro atoms. The lowest BCUT2D eigenvalue weighted by Crippen LogP contribution is -2.14. The van der Waals surface area contributed by atoms with Gasteiger partial charge in [-0.1, -0.05) is 18.2 Å². The first-order valence-corrected chi connectivity index (χ1v) is 4.11. The predicted molar refractivity (Wildman–Crippen MR) is 53.1 cm³/mol. The highest BCUT2D eigenvalue weighted by Gasteiger charge is 2.11. The summed E-state index contributed by atoms with van der Waals surface area (Å²) >= 11 is 5.95. The lowest BCUT2D eigenvalue weighted by atomic mass is 10.1. The molecule has 62 valence electrons. The molecule has 0 bridgehead atoms. The molecule has 1 aliphatic heterocycles. The molecule has 0 fully saturated rings. The molecule has 0 saturated carbocycles. The molecule has 0 atom stereocenters. The molecule has 1 aromatic rings. The van der Waals surface area contributed by atoms with Gasteiger partial charge in [0.25, 0.3) is 0 Å². The van der Waals surface area contributed by atoms with Crippen LogP contribution >= 0.6 is 11.8 Å². The van der Waals surface area contributed by atoms with Crippen LogP contribution in [-0.4, -0.2) is 6.54 Å². The summed E-state index contributed by atoms with van der Waals surface area (Å²) in [4.78, 5) is 0. The Bertz CT molecular complexity index is 333. The van der Waals surface area contributed by atoms with Gasteiger partial charge in [-0.15, -0.1) is 0 Å². The van der Waals surface area contributed by atoms with Crippen LogP contribution in [0.2, 0.25) is 0 Å². The molecule has 12 heavy (non-hydrogen) atoms. The number of fused-ring (bicyclic) bond motifs is 1. The van der Waals surface area contributed by atoms with Gasteiger partial charge in [0.15, 0.2) is 0 Å². The van der Waals surface area contributed by atoms with Gasteiger partial charge in [-0.2, -0.15) is 0 Å². The molecule has 2 N–H and O–H groups in total.